The monoisotopic (exact) mass is 347 g/mol. The van der Waals surface area contributed by atoms with Crippen molar-refractivity contribution >= 4 is 38.5 Å². The summed E-state index contributed by atoms with van der Waals surface area (Å²) in [6.07, 6.45) is 3.39. The molecule has 70 valence electrons. The van der Waals surface area contributed by atoms with Crippen LogP contribution in [0.5, 0.6) is 0 Å². The first-order chi connectivity index (χ1) is 5.35. The molecule has 0 aliphatic carbocycles. The van der Waals surface area contributed by atoms with Gasteiger partial charge in [0.25, 0.3) is 0 Å². The third-order valence-electron chi connectivity index (χ3n) is 1.06. The van der Waals surface area contributed by atoms with Gasteiger partial charge in [0.1, 0.15) is 5.67 Å². The Hall–Kier alpha value is 0.420. The van der Waals surface area contributed by atoms with Crippen molar-refractivity contribution < 1.29 is 4.39 Å². The molecule has 4 heteroatoms. The van der Waals surface area contributed by atoms with Crippen LogP contribution in [0.3, 0.4) is 0 Å². The van der Waals surface area contributed by atoms with Gasteiger partial charge in [-0.05, 0) is 58.6 Å². The minimum Gasteiger partial charge on any atom is -0.350 e. The topological polar surface area (TPSA) is 3.24 Å². The molecule has 1 nitrogen and oxygen atoms in total. The Morgan fingerprint density at radius 2 is 2.25 bits per heavy atom. The highest BCUT2D eigenvalue weighted by Gasteiger charge is 2.17. The fourth-order valence-electron chi connectivity index (χ4n) is 0.722. The Morgan fingerprint density at radius 1 is 1.75 bits per heavy atom. The molecule has 0 saturated heterocycles. The minimum absolute atomic E-state index is 0.314. The number of hydrogen-bond donors (Lipinski definition) is 0. The van der Waals surface area contributed by atoms with Gasteiger partial charge in [-0.25, -0.2) is 4.39 Å². The fourth-order valence-corrected chi connectivity index (χ4v) is 1.34. The molecule has 0 rings (SSSR count). The Labute approximate surface area is 95.0 Å². The Morgan fingerprint density at radius 3 is 2.50 bits per heavy atom. The van der Waals surface area contributed by atoms with Crippen molar-refractivity contribution in [2.45, 2.75) is 19.5 Å². The van der Waals surface area contributed by atoms with Crippen LogP contribution in [0.15, 0.2) is 21.5 Å². The molecule has 0 heterocycles. The van der Waals surface area contributed by atoms with Gasteiger partial charge in [0, 0.05) is 6.20 Å². The standard InChI is InChI=1S/C8H12BrFIN/c1-4-12(5-7(9)11)6-8(2,3)10/h4-5H,1,6H2,2-3H3/b7-5-. The highest BCUT2D eigenvalue weighted by Crippen LogP contribution is 2.17. The largest absolute Gasteiger partial charge is 0.350 e. The zero-order valence-electron chi connectivity index (χ0n) is 7.15. The molecule has 0 spiro atoms. The van der Waals surface area contributed by atoms with Crippen LogP contribution in [0.25, 0.3) is 0 Å². The van der Waals surface area contributed by atoms with Gasteiger partial charge < -0.3 is 4.90 Å². The number of nitrogens with zero attached hydrogens (tertiary/aromatic N) is 1. The van der Waals surface area contributed by atoms with Gasteiger partial charge in [-0.3, -0.25) is 0 Å². The lowest BCUT2D eigenvalue weighted by molar-refractivity contribution is 0.178. The van der Waals surface area contributed by atoms with Gasteiger partial charge in [-0.15, -0.1) is 0 Å². The highest BCUT2D eigenvalue weighted by molar-refractivity contribution is 14.1. The first-order valence-corrected chi connectivity index (χ1v) is 5.32. The molecule has 0 aromatic heterocycles. The molecular formula is C8H12BrFIN. The second-order valence-electron chi connectivity index (χ2n) is 2.99. The second-order valence-corrected chi connectivity index (χ2v) is 6.49. The van der Waals surface area contributed by atoms with E-state index in [1.54, 1.807) is 31.1 Å². The van der Waals surface area contributed by atoms with E-state index in [0.29, 0.717) is 6.54 Å². The molecule has 0 amide bonds. The number of alkyl halides is 1. The molecule has 0 aromatic rings. The minimum atomic E-state index is -1.20. The second kappa shape index (κ2) is 5.21. The third kappa shape index (κ3) is 7.09. The summed E-state index contributed by atoms with van der Waals surface area (Å²) < 4.78 is 14.1. The SMILES string of the molecule is C=CN(/C=C(/Br)I)CC(C)(C)F. The van der Waals surface area contributed by atoms with Crippen LogP contribution in [0.4, 0.5) is 4.39 Å². The van der Waals surface area contributed by atoms with Gasteiger partial charge in [-0.2, -0.15) is 0 Å². The predicted molar refractivity (Wildman–Crippen MR) is 63.1 cm³/mol. The summed E-state index contributed by atoms with van der Waals surface area (Å²) in [5, 5.41) is 0. The Kier molecular flexibility index (Phi) is 5.40. The number of halogens is 3. The van der Waals surface area contributed by atoms with Crippen molar-refractivity contribution in [3.63, 3.8) is 0 Å². The molecule has 0 atom stereocenters. The van der Waals surface area contributed by atoms with E-state index in [-0.39, 0.29) is 0 Å². The molecule has 0 fully saturated rings. The number of rotatable bonds is 4. The molecule has 0 aromatic carbocycles. The molecule has 0 saturated carbocycles. The summed E-state index contributed by atoms with van der Waals surface area (Å²) in [6.45, 7) is 6.98. The smallest absolute Gasteiger partial charge is 0.123 e. The quantitative estimate of drug-likeness (QED) is 0.699. The van der Waals surface area contributed by atoms with Crippen LogP contribution >= 0.6 is 38.5 Å². The molecule has 0 radical (unpaired) electrons. The van der Waals surface area contributed by atoms with E-state index in [2.05, 4.69) is 45.1 Å². The van der Waals surface area contributed by atoms with E-state index in [4.69, 9.17) is 0 Å². The summed E-state index contributed by atoms with van der Waals surface area (Å²) in [5.41, 5.74) is -1.20. The molecule has 12 heavy (non-hydrogen) atoms. The van der Waals surface area contributed by atoms with E-state index < -0.39 is 5.67 Å². The van der Waals surface area contributed by atoms with Crippen molar-refractivity contribution in [1.29, 1.82) is 0 Å². The van der Waals surface area contributed by atoms with Crippen molar-refractivity contribution in [2.75, 3.05) is 6.54 Å². The zero-order valence-corrected chi connectivity index (χ0v) is 10.9. The van der Waals surface area contributed by atoms with Crippen LogP contribution in [0, 0.1) is 0 Å². The normalized spacial score (nSPS) is 12.9. The summed E-state index contributed by atoms with van der Waals surface area (Å²) in [7, 11) is 0. The average molecular weight is 348 g/mol. The van der Waals surface area contributed by atoms with E-state index >= 15 is 0 Å². The third-order valence-corrected chi connectivity index (χ3v) is 1.54. The van der Waals surface area contributed by atoms with Gasteiger partial charge >= 0.3 is 0 Å². The van der Waals surface area contributed by atoms with E-state index in [1.165, 1.54) is 0 Å². The summed E-state index contributed by atoms with van der Waals surface area (Å²) >= 11 is 5.36. The van der Waals surface area contributed by atoms with Crippen LogP contribution < -0.4 is 0 Å². The lowest BCUT2D eigenvalue weighted by Crippen LogP contribution is -2.28. The molecule has 0 N–H and O–H groups in total. The lowest BCUT2D eigenvalue weighted by Gasteiger charge is -2.22. The maximum atomic E-state index is 13.1. The molecular weight excluding hydrogens is 336 g/mol. The first kappa shape index (κ1) is 12.4. The molecule has 0 bridgehead atoms. The average Bonchev–Trinajstić information content (AvgIpc) is 1.82. The Balaban J connectivity index is 4.20. The number of hydrogen-bond acceptors (Lipinski definition) is 1. The molecule has 0 unspecified atom stereocenters. The van der Waals surface area contributed by atoms with E-state index in [1.807, 2.05) is 0 Å². The van der Waals surface area contributed by atoms with Gasteiger partial charge in [0.2, 0.25) is 0 Å². The van der Waals surface area contributed by atoms with Gasteiger partial charge in [0.15, 0.2) is 0 Å². The van der Waals surface area contributed by atoms with Crippen molar-refractivity contribution in [3.05, 3.63) is 21.5 Å². The van der Waals surface area contributed by atoms with Crippen LogP contribution in [-0.4, -0.2) is 17.1 Å². The van der Waals surface area contributed by atoms with Crippen molar-refractivity contribution in [1.82, 2.24) is 4.90 Å². The lowest BCUT2D eigenvalue weighted by atomic mass is 10.1. The van der Waals surface area contributed by atoms with Crippen LogP contribution in [0.2, 0.25) is 0 Å². The maximum absolute atomic E-state index is 13.1. The van der Waals surface area contributed by atoms with E-state index in [9.17, 15) is 4.39 Å². The summed E-state index contributed by atoms with van der Waals surface area (Å²) in [4.78, 5) is 1.70. The first-order valence-electron chi connectivity index (χ1n) is 3.45. The van der Waals surface area contributed by atoms with Gasteiger partial charge in [0.05, 0.1) is 9.03 Å². The van der Waals surface area contributed by atoms with Crippen molar-refractivity contribution in [3.8, 4) is 0 Å². The Bertz CT molecular complexity index is 182. The molecule has 0 aliphatic heterocycles. The fraction of sp³-hybridized carbons (Fsp3) is 0.500. The van der Waals surface area contributed by atoms with Crippen molar-refractivity contribution in [2.24, 2.45) is 0 Å². The highest BCUT2D eigenvalue weighted by atomic mass is 127. The van der Waals surface area contributed by atoms with Gasteiger partial charge in [-0.1, -0.05) is 6.58 Å². The predicted octanol–water partition coefficient (Wildman–Crippen LogP) is 3.81. The van der Waals surface area contributed by atoms with Crippen LogP contribution in [-0.2, 0) is 0 Å². The molecule has 0 aliphatic rings. The summed E-state index contributed by atoms with van der Waals surface area (Å²) in [5.74, 6) is 0. The zero-order chi connectivity index (χ0) is 9.78. The van der Waals surface area contributed by atoms with Crippen LogP contribution in [0.1, 0.15) is 13.8 Å². The maximum Gasteiger partial charge on any atom is 0.123 e. The summed E-state index contributed by atoms with van der Waals surface area (Å²) in [6, 6.07) is 0. The van der Waals surface area contributed by atoms with E-state index in [0.717, 1.165) is 2.49 Å².